The monoisotopic (exact) mass is 338 g/mol. The smallest absolute Gasteiger partial charge is 0.259 e. The van der Waals surface area contributed by atoms with Crippen LogP contribution in [-0.4, -0.2) is 49.9 Å². The molecule has 6 nitrogen and oxygen atoms in total. The molecule has 0 bridgehead atoms. The molecular weight excluding hydrogens is 311 g/mol. The van der Waals surface area contributed by atoms with Crippen LogP contribution in [0.5, 0.6) is 11.6 Å². The molecule has 2 atom stereocenters. The maximum absolute atomic E-state index is 14.1. The molecule has 3 heterocycles. The van der Waals surface area contributed by atoms with E-state index in [0.717, 1.165) is 38.8 Å². The van der Waals surface area contributed by atoms with E-state index in [4.69, 9.17) is 9.47 Å². The molecule has 1 aromatic heterocycles. The number of hydrogen-bond acceptors (Lipinski definition) is 6. The van der Waals surface area contributed by atoms with Crippen molar-refractivity contribution in [1.82, 2.24) is 15.6 Å². The Balaban J connectivity index is 1.68. The van der Waals surface area contributed by atoms with Crippen molar-refractivity contribution in [2.45, 2.75) is 44.7 Å². The lowest BCUT2D eigenvalue weighted by molar-refractivity contribution is 0.226. The minimum Gasteiger partial charge on any atom is -0.486 e. The van der Waals surface area contributed by atoms with Crippen LogP contribution >= 0.6 is 0 Å². The highest BCUT2D eigenvalue weighted by atomic mass is 19.1. The van der Waals surface area contributed by atoms with Crippen LogP contribution in [0.2, 0.25) is 0 Å². The van der Waals surface area contributed by atoms with Gasteiger partial charge in [-0.05, 0) is 45.7 Å². The molecule has 1 aromatic rings. The Bertz CT molecular complexity index is 532. The van der Waals surface area contributed by atoms with Gasteiger partial charge in [0, 0.05) is 24.7 Å². The standard InChI is InChI=1S/C17H27FN4O2/c1-2-19-14-9-15(23-10-12-5-3-7-20-12)17(22-16(14)18)24-11-13-6-4-8-21-13/h9,12-13,19-21H,2-8,10-11H2,1H3/t12-,13-/m0/s1. The summed E-state index contributed by atoms with van der Waals surface area (Å²) < 4.78 is 25.8. The molecule has 0 aromatic carbocycles. The van der Waals surface area contributed by atoms with Gasteiger partial charge in [0.25, 0.3) is 5.88 Å². The number of pyridine rings is 1. The van der Waals surface area contributed by atoms with Crippen molar-refractivity contribution in [3.63, 3.8) is 0 Å². The summed E-state index contributed by atoms with van der Waals surface area (Å²) >= 11 is 0. The Morgan fingerprint density at radius 2 is 1.83 bits per heavy atom. The second-order valence-corrected chi connectivity index (χ2v) is 6.37. The van der Waals surface area contributed by atoms with Crippen molar-refractivity contribution in [1.29, 1.82) is 0 Å². The third-order valence-electron chi connectivity index (χ3n) is 4.46. The molecule has 2 aliphatic heterocycles. The maximum atomic E-state index is 14.1. The van der Waals surface area contributed by atoms with Crippen LogP contribution in [0, 0.1) is 5.95 Å². The maximum Gasteiger partial charge on any atom is 0.259 e. The number of anilines is 1. The van der Waals surface area contributed by atoms with Gasteiger partial charge in [-0.2, -0.15) is 9.37 Å². The third-order valence-corrected chi connectivity index (χ3v) is 4.46. The van der Waals surface area contributed by atoms with E-state index in [0.29, 0.717) is 43.3 Å². The van der Waals surface area contributed by atoms with E-state index in [2.05, 4.69) is 20.9 Å². The number of rotatable bonds is 8. The van der Waals surface area contributed by atoms with Gasteiger partial charge in [-0.25, -0.2) is 0 Å². The van der Waals surface area contributed by atoms with Crippen molar-refractivity contribution in [3.8, 4) is 11.6 Å². The van der Waals surface area contributed by atoms with Gasteiger partial charge in [0.05, 0.1) is 5.69 Å². The summed E-state index contributed by atoms with van der Waals surface area (Å²) in [6, 6.07) is 2.28. The van der Waals surface area contributed by atoms with Gasteiger partial charge in [0.1, 0.15) is 13.2 Å². The fraction of sp³-hybridized carbons (Fsp3) is 0.706. The molecule has 0 saturated carbocycles. The molecule has 7 heteroatoms. The van der Waals surface area contributed by atoms with Crippen LogP contribution in [0.15, 0.2) is 6.07 Å². The van der Waals surface area contributed by atoms with Crippen molar-refractivity contribution >= 4 is 5.69 Å². The van der Waals surface area contributed by atoms with Crippen LogP contribution in [0.25, 0.3) is 0 Å². The second kappa shape index (κ2) is 8.48. The molecule has 2 fully saturated rings. The van der Waals surface area contributed by atoms with E-state index in [1.807, 2.05) is 6.92 Å². The Kier molecular flexibility index (Phi) is 6.09. The third kappa shape index (κ3) is 4.48. The minimum absolute atomic E-state index is 0.237. The topological polar surface area (TPSA) is 67.4 Å². The summed E-state index contributed by atoms with van der Waals surface area (Å²) in [5.74, 6) is 0.178. The summed E-state index contributed by atoms with van der Waals surface area (Å²) in [7, 11) is 0. The fourth-order valence-corrected chi connectivity index (χ4v) is 3.15. The number of halogens is 1. The molecule has 134 valence electrons. The normalized spacial score (nSPS) is 23.4. The number of nitrogens with zero attached hydrogens (tertiary/aromatic N) is 1. The van der Waals surface area contributed by atoms with Crippen LogP contribution in [-0.2, 0) is 0 Å². The highest BCUT2D eigenvalue weighted by Crippen LogP contribution is 2.30. The predicted octanol–water partition coefficient (Wildman–Crippen LogP) is 1.91. The zero-order valence-electron chi connectivity index (χ0n) is 14.2. The highest BCUT2D eigenvalue weighted by molar-refractivity contribution is 5.51. The van der Waals surface area contributed by atoms with Crippen molar-refractivity contribution in [2.24, 2.45) is 0 Å². The van der Waals surface area contributed by atoms with Crippen molar-refractivity contribution in [3.05, 3.63) is 12.0 Å². The Morgan fingerprint density at radius 3 is 2.42 bits per heavy atom. The van der Waals surface area contributed by atoms with E-state index in [-0.39, 0.29) is 5.88 Å². The number of aromatic nitrogens is 1. The van der Waals surface area contributed by atoms with Crippen LogP contribution in [0.4, 0.5) is 10.1 Å². The van der Waals surface area contributed by atoms with Gasteiger partial charge in [-0.1, -0.05) is 0 Å². The number of hydrogen-bond donors (Lipinski definition) is 3. The lowest BCUT2D eigenvalue weighted by atomic mass is 10.2. The second-order valence-electron chi connectivity index (χ2n) is 6.37. The van der Waals surface area contributed by atoms with E-state index < -0.39 is 5.95 Å². The summed E-state index contributed by atoms with van der Waals surface area (Å²) in [4.78, 5) is 3.97. The molecule has 0 unspecified atom stereocenters. The average Bonchev–Trinajstić information content (AvgIpc) is 3.27. The molecule has 3 rings (SSSR count). The van der Waals surface area contributed by atoms with Crippen molar-refractivity contribution < 1.29 is 13.9 Å². The Hall–Kier alpha value is -1.60. The van der Waals surface area contributed by atoms with E-state index in [9.17, 15) is 4.39 Å². The average molecular weight is 338 g/mol. The predicted molar refractivity (Wildman–Crippen MR) is 91.4 cm³/mol. The minimum atomic E-state index is -0.558. The molecule has 0 radical (unpaired) electrons. The first kappa shape index (κ1) is 17.2. The van der Waals surface area contributed by atoms with Crippen LogP contribution < -0.4 is 25.4 Å². The van der Waals surface area contributed by atoms with Gasteiger partial charge >= 0.3 is 0 Å². The molecule has 2 saturated heterocycles. The quantitative estimate of drug-likeness (QED) is 0.629. The molecule has 3 N–H and O–H groups in total. The lowest BCUT2D eigenvalue weighted by Gasteiger charge is -2.18. The lowest BCUT2D eigenvalue weighted by Crippen LogP contribution is -2.29. The van der Waals surface area contributed by atoms with Gasteiger partial charge < -0.3 is 25.4 Å². The highest BCUT2D eigenvalue weighted by Gasteiger charge is 2.20. The summed E-state index contributed by atoms with van der Waals surface area (Å²) in [6.45, 7) is 5.58. The van der Waals surface area contributed by atoms with Crippen LogP contribution in [0.1, 0.15) is 32.6 Å². The molecule has 0 aliphatic carbocycles. The zero-order valence-corrected chi connectivity index (χ0v) is 14.2. The van der Waals surface area contributed by atoms with Gasteiger partial charge in [-0.3, -0.25) is 0 Å². The van der Waals surface area contributed by atoms with Gasteiger partial charge in [0.2, 0.25) is 5.95 Å². The molecule has 0 spiro atoms. The first-order valence-corrected chi connectivity index (χ1v) is 8.93. The van der Waals surface area contributed by atoms with Crippen LogP contribution in [0.3, 0.4) is 0 Å². The van der Waals surface area contributed by atoms with Gasteiger partial charge in [-0.15, -0.1) is 0 Å². The van der Waals surface area contributed by atoms with E-state index in [1.165, 1.54) is 0 Å². The number of ether oxygens (including phenoxy) is 2. The summed E-state index contributed by atoms with van der Waals surface area (Å²) in [5.41, 5.74) is 0.346. The summed E-state index contributed by atoms with van der Waals surface area (Å²) in [6.07, 6.45) is 4.47. The first-order chi connectivity index (χ1) is 11.8. The van der Waals surface area contributed by atoms with Crippen molar-refractivity contribution in [2.75, 3.05) is 38.2 Å². The Morgan fingerprint density at radius 1 is 1.17 bits per heavy atom. The largest absolute Gasteiger partial charge is 0.486 e. The van der Waals surface area contributed by atoms with Gasteiger partial charge in [0.15, 0.2) is 5.75 Å². The summed E-state index contributed by atoms with van der Waals surface area (Å²) in [5, 5.41) is 9.72. The molecule has 0 amide bonds. The number of nitrogens with one attached hydrogen (secondary N) is 3. The van der Waals surface area contributed by atoms with E-state index in [1.54, 1.807) is 6.07 Å². The molecule has 2 aliphatic rings. The SMILES string of the molecule is CCNc1cc(OC[C@@H]2CCCN2)c(OC[C@@H]2CCCN2)nc1F. The van der Waals surface area contributed by atoms with E-state index >= 15 is 0 Å². The molecular formula is C17H27FN4O2. The zero-order chi connectivity index (χ0) is 16.8. The fourth-order valence-electron chi connectivity index (χ4n) is 3.15. The first-order valence-electron chi connectivity index (χ1n) is 8.93. The Labute approximate surface area is 142 Å². The molecule has 24 heavy (non-hydrogen) atoms.